The second kappa shape index (κ2) is 4.55. The number of pyridine rings is 1. The van der Waals surface area contributed by atoms with Crippen molar-refractivity contribution in [1.29, 1.82) is 0 Å². The molecular weight excluding hydrogens is 234 g/mol. The van der Waals surface area contributed by atoms with E-state index in [1.165, 1.54) is 0 Å². The Bertz CT molecular complexity index is 293. The number of rotatable bonds is 3. The third-order valence-corrected chi connectivity index (χ3v) is 2.39. The lowest BCUT2D eigenvalue weighted by atomic mass is 10.1. The third kappa shape index (κ3) is 2.65. The summed E-state index contributed by atoms with van der Waals surface area (Å²) in [5, 5.41) is 8.69. The zero-order chi connectivity index (χ0) is 9.84. The van der Waals surface area contributed by atoms with Crippen molar-refractivity contribution in [3.05, 3.63) is 22.3 Å². The first-order valence-electron chi connectivity index (χ1n) is 3.92. The van der Waals surface area contributed by atoms with Crippen LogP contribution in [0.25, 0.3) is 0 Å². The van der Waals surface area contributed by atoms with E-state index in [0.717, 1.165) is 10.0 Å². The van der Waals surface area contributed by atoms with Crippen LogP contribution in [0, 0.1) is 0 Å². The molecular formula is C8H12BrN3O. The van der Waals surface area contributed by atoms with E-state index in [2.05, 4.69) is 20.9 Å². The molecule has 1 heterocycles. The summed E-state index contributed by atoms with van der Waals surface area (Å²) in [6, 6.07) is 1.64. The van der Waals surface area contributed by atoms with E-state index < -0.39 is 0 Å². The summed E-state index contributed by atoms with van der Waals surface area (Å²) in [5.74, 6) is 0.444. The third-order valence-electron chi connectivity index (χ3n) is 1.76. The smallest absolute Gasteiger partial charge is 0.137 e. The quantitative estimate of drug-likeness (QED) is 0.736. The maximum Gasteiger partial charge on any atom is 0.137 e. The maximum atomic E-state index is 8.69. The van der Waals surface area contributed by atoms with E-state index in [1.807, 2.05) is 6.07 Å². The van der Waals surface area contributed by atoms with Crippen LogP contribution in [-0.4, -0.2) is 16.7 Å². The van der Waals surface area contributed by atoms with Crippen molar-refractivity contribution in [1.82, 2.24) is 4.98 Å². The molecule has 72 valence electrons. The van der Waals surface area contributed by atoms with Gasteiger partial charge in [0.05, 0.1) is 4.47 Å². The molecule has 1 aromatic rings. The van der Waals surface area contributed by atoms with E-state index in [4.69, 9.17) is 16.6 Å². The number of aromatic nitrogens is 1. The normalized spacial score (nSPS) is 12.8. The number of nitrogen functional groups attached to an aromatic ring is 1. The number of nitrogens with two attached hydrogens (primary N) is 2. The van der Waals surface area contributed by atoms with Crippen LogP contribution in [0.15, 0.2) is 16.7 Å². The minimum absolute atomic E-state index is 0.0726. The predicted molar refractivity (Wildman–Crippen MR) is 55.0 cm³/mol. The fourth-order valence-electron chi connectivity index (χ4n) is 0.972. The van der Waals surface area contributed by atoms with Gasteiger partial charge in [-0.05, 0) is 34.0 Å². The lowest BCUT2D eigenvalue weighted by Gasteiger charge is -2.10. The van der Waals surface area contributed by atoms with E-state index in [9.17, 15) is 0 Å². The molecule has 1 atom stereocenters. The molecule has 0 radical (unpaired) electrons. The number of aliphatic hydroxyl groups excluding tert-OH is 1. The summed E-state index contributed by atoms with van der Waals surface area (Å²) < 4.78 is 0.735. The number of halogens is 1. The van der Waals surface area contributed by atoms with Gasteiger partial charge in [0.25, 0.3) is 0 Å². The molecule has 0 unspecified atom stereocenters. The molecule has 0 aliphatic carbocycles. The van der Waals surface area contributed by atoms with Crippen LogP contribution < -0.4 is 11.5 Å². The topological polar surface area (TPSA) is 85.2 Å². The molecule has 0 bridgehead atoms. The standard InChI is InChI=1S/C8H12BrN3O/c9-6-3-5(4-12-8(6)11)7(10)1-2-13/h3-4,7,13H,1-2,10H2,(H2,11,12)/t7-/m1/s1. The molecule has 0 aliphatic heterocycles. The van der Waals surface area contributed by atoms with Gasteiger partial charge < -0.3 is 16.6 Å². The summed E-state index contributed by atoms with van der Waals surface area (Å²) in [6.07, 6.45) is 2.15. The predicted octanol–water partition coefficient (Wildman–Crippen LogP) is 0.809. The van der Waals surface area contributed by atoms with Crippen LogP contribution in [0.2, 0.25) is 0 Å². The summed E-state index contributed by atoms with van der Waals surface area (Å²) in [4.78, 5) is 3.95. The fraction of sp³-hybridized carbons (Fsp3) is 0.375. The first-order valence-corrected chi connectivity index (χ1v) is 4.71. The van der Waals surface area contributed by atoms with Crippen LogP contribution in [-0.2, 0) is 0 Å². The largest absolute Gasteiger partial charge is 0.396 e. The fourth-order valence-corrected chi connectivity index (χ4v) is 1.34. The molecule has 13 heavy (non-hydrogen) atoms. The Morgan fingerprint density at radius 3 is 2.85 bits per heavy atom. The van der Waals surface area contributed by atoms with Crippen molar-refractivity contribution in [2.45, 2.75) is 12.5 Å². The monoisotopic (exact) mass is 245 g/mol. The Balaban J connectivity index is 2.84. The van der Waals surface area contributed by atoms with Gasteiger partial charge in [-0.2, -0.15) is 0 Å². The van der Waals surface area contributed by atoms with E-state index in [-0.39, 0.29) is 12.6 Å². The molecule has 1 rings (SSSR count). The van der Waals surface area contributed by atoms with Crippen LogP contribution in [0.4, 0.5) is 5.82 Å². The summed E-state index contributed by atoms with van der Waals surface area (Å²) in [7, 11) is 0. The van der Waals surface area contributed by atoms with E-state index in [1.54, 1.807) is 6.20 Å². The molecule has 0 saturated carbocycles. The van der Waals surface area contributed by atoms with Crippen LogP contribution in [0.5, 0.6) is 0 Å². The highest BCUT2D eigenvalue weighted by atomic mass is 79.9. The minimum atomic E-state index is -0.186. The minimum Gasteiger partial charge on any atom is -0.396 e. The molecule has 1 aromatic heterocycles. The van der Waals surface area contributed by atoms with E-state index >= 15 is 0 Å². The van der Waals surface area contributed by atoms with Gasteiger partial charge in [0.1, 0.15) is 5.82 Å². The number of hydrogen-bond acceptors (Lipinski definition) is 4. The van der Waals surface area contributed by atoms with Gasteiger partial charge >= 0.3 is 0 Å². The van der Waals surface area contributed by atoms with Crippen LogP contribution >= 0.6 is 15.9 Å². The molecule has 0 saturated heterocycles. The summed E-state index contributed by atoms with van der Waals surface area (Å²) in [5.41, 5.74) is 12.1. The van der Waals surface area contributed by atoms with Crippen LogP contribution in [0.3, 0.4) is 0 Å². The first-order chi connectivity index (χ1) is 6.15. The molecule has 0 spiro atoms. The van der Waals surface area contributed by atoms with E-state index in [0.29, 0.717) is 12.2 Å². The maximum absolute atomic E-state index is 8.69. The van der Waals surface area contributed by atoms with Gasteiger partial charge in [-0.3, -0.25) is 0 Å². The second-order valence-corrected chi connectivity index (χ2v) is 3.61. The van der Waals surface area contributed by atoms with Gasteiger partial charge in [0.15, 0.2) is 0 Å². The molecule has 0 aliphatic rings. The van der Waals surface area contributed by atoms with Crippen molar-refractivity contribution < 1.29 is 5.11 Å². The highest BCUT2D eigenvalue weighted by Gasteiger charge is 2.07. The Morgan fingerprint density at radius 2 is 2.31 bits per heavy atom. The Hall–Kier alpha value is -0.650. The van der Waals surface area contributed by atoms with Gasteiger partial charge in [-0.1, -0.05) is 0 Å². The number of anilines is 1. The Kier molecular flexibility index (Phi) is 3.65. The van der Waals surface area contributed by atoms with Crippen LogP contribution in [0.1, 0.15) is 18.0 Å². The number of nitrogens with zero attached hydrogens (tertiary/aromatic N) is 1. The zero-order valence-corrected chi connectivity index (χ0v) is 8.66. The molecule has 0 amide bonds. The Morgan fingerprint density at radius 1 is 1.62 bits per heavy atom. The molecule has 5 heteroatoms. The summed E-state index contributed by atoms with van der Waals surface area (Å²) in [6.45, 7) is 0.0726. The molecule has 5 N–H and O–H groups in total. The van der Waals surface area contributed by atoms with Crippen molar-refractivity contribution in [2.75, 3.05) is 12.3 Å². The van der Waals surface area contributed by atoms with Gasteiger partial charge in [0.2, 0.25) is 0 Å². The molecule has 0 aromatic carbocycles. The summed E-state index contributed by atoms with van der Waals surface area (Å²) >= 11 is 3.26. The SMILES string of the molecule is Nc1ncc([C@H](N)CCO)cc1Br. The number of aliphatic hydroxyl groups is 1. The second-order valence-electron chi connectivity index (χ2n) is 2.75. The lowest BCUT2D eigenvalue weighted by molar-refractivity contribution is 0.276. The Labute approximate surface area is 85.1 Å². The zero-order valence-electron chi connectivity index (χ0n) is 7.07. The molecule has 0 fully saturated rings. The highest BCUT2D eigenvalue weighted by molar-refractivity contribution is 9.10. The van der Waals surface area contributed by atoms with Crippen molar-refractivity contribution in [2.24, 2.45) is 5.73 Å². The van der Waals surface area contributed by atoms with Gasteiger partial charge in [-0.15, -0.1) is 0 Å². The van der Waals surface area contributed by atoms with Crippen molar-refractivity contribution in [3.8, 4) is 0 Å². The average Bonchev–Trinajstić information content (AvgIpc) is 2.10. The highest BCUT2D eigenvalue weighted by Crippen LogP contribution is 2.21. The van der Waals surface area contributed by atoms with Gasteiger partial charge in [0, 0.05) is 18.8 Å². The van der Waals surface area contributed by atoms with Gasteiger partial charge in [-0.25, -0.2) is 4.98 Å². The van der Waals surface area contributed by atoms with Crippen molar-refractivity contribution in [3.63, 3.8) is 0 Å². The number of hydrogen-bond donors (Lipinski definition) is 3. The molecule has 4 nitrogen and oxygen atoms in total. The average molecular weight is 246 g/mol. The van der Waals surface area contributed by atoms with Crippen molar-refractivity contribution >= 4 is 21.7 Å². The lowest BCUT2D eigenvalue weighted by Crippen LogP contribution is -2.12. The first kappa shape index (κ1) is 10.4.